The fraction of sp³-hybridized carbons (Fsp3) is 0.571. The minimum Gasteiger partial charge on any atom is -0.342 e. The van der Waals surface area contributed by atoms with Crippen LogP contribution in [0, 0.1) is 0 Å². The first kappa shape index (κ1) is 20.9. The lowest BCUT2D eigenvalue weighted by atomic mass is 10.2. The molecule has 1 aromatic carbocycles. The molecule has 3 rings (SSSR count). The van der Waals surface area contributed by atoms with Crippen LogP contribution < -0.4 is 0 Å². The molecule has 1 aliphatic heterocycles. The third kappa shape index (κ3) is 4.75. The van der Waals surface area contributed by atoms with Gasteiger partial charge < -0.3 is 9.47 Å². The summed E-state index contributed by atoms with van der Waals surface area (Å²) in [4.78, 5) is 16.9. The number of carbonyl (C=O) groups is 1. The predicted molar refractivity (Wildman–Crippen MR) is 113 cm³/mol. The van der Waals surface area contributed by atoms with E-state index in [0.29, 0.717) is 6.54 Å². The van der Waals surface area contributed by atoms with Crippen molar-refractivity contribution in [2.45, 2.75) is 56.1 Å². The second-order valence-corrected chi connectivity index (χ2v) is 8.90. The Labute approximate surface area is 172 Å². The van der Waals surface area contributed by atoms with Crippen LogP contribution in [0.15, 0.2) is 35.5 Å². The fourth-order valence-corrected chi connectivity index (χ4v) is 4.67. The van der Waals surface area contributed by atoms with Gasteiger partial charge in [0.1, 0.15) is 0 Å². The van der Waals surface area contributed by atoms with E-state index in [0.717, 1.165) is 43.3 Å². The van der Waals surface area contributed by atoms with Gasteiger partial charge in [0.15, 0.2) is 11.0 Å². The molecule has 6 nitrogen and oxygen atoms in total. The smallest absolute Gasteiger partial charge is 0.235 e. The molecule has 1 amide bonds. The topological polar surface area (TPSA) is 54.3 Å². The lowest BCUT2D eigenvalue weighted by Gasteiger charge is -2.24. The van der Waals surface area contributed by atoms with Gasteiger partial charge in [-0.2, -0.15) is 0 Å². The van der Waals surface area contributed by atoms with Gasteiger partial charge in [0.25, 0.3) is 0 Å². The van der Waals surface area contributed by atoms with Crippen molar-refractivity contribution in [3.05, 3.63) is 41.7 Å². The Balaban J connectivity index is 1.87. The lowest BCUT2D eigenvalue weighted by Crippen LogP contribution is -2.34. The Morgan fingerprint density at radius 3 is 2.46 bits per heavy atom. The second-order valence-electron chi connectivity index (χ2n) is 7.59. The van der Waals surface area contributed by atoms with E-state index in [1.54, 1.807) is 0 Å². The number of amides is 1. The summed E-state index contributed by atoms with van der Waals surface area (Å²) in [6.45, 7) is 6.61. The first-order valence-electron chi connectivity index (χ1n) is 10.1. The molecule has 0 N–H and O–H groups in total. The standard InChI is InChI=1S/C21H31N5OS/c1-5-18(24(3)4)19-22-23-21(26(19)15-17-11-7-6-8-12-17)28-16(2)20(27)25-13-9-10-14-25/h6-8,11-12,16,18H,5,9-10,13-15H2,1-4H3/t16-,18-/m1/s1. The van der Waals surface area contributed by atoms with Crippen molar-refractivity contribution in [2.75, 3.05) is 27.2 Å². The van der Waals surface area contributed by atoms with Gasteiger partial charge in [-0.25, -0.2) is 0 Å². The van der Waals surface area contributed by atoms with Crippen molar-refractivity contribution >= 4 is 17.7 Å². The van der Waals surface area contributed by atoms with Crippen LogP contribution in [0.4, 0.5) is 0 Å². The zero-order valence-corrected chi connectivity index (χ0v) is 18.2. The number of rotatable bonds is 8. The number of likely N-dealkylation sites (tertiary alicyclic amines) is 1. The first-order valence-corrected chi connectivity index (χ1v) is 11.0. The molecule has 1 aromatic heterocycles. The number of aromatic nitrogens is 3. The molecule has 2 heterocycles. The number of benzene rings is 1. The summed E-state index contributed by atoms with van der Waals surface area (Å²) in [6.07, 6.45) is 3.17. The molecule has 2 aromatic rings. The van der Waals surface area contributed by atoms with Gasteiger partial charge in [-0.05, 0) is 45.8 Å². The van der Waals surface area contributed by atoms with E-state index in [4.69, 9.17) is 0 Å². The Kier molecular flexibility index (Phi) is 7.13. The van der Waals surface area contributed by atoms with Gasteiger partial charge in [-0.15, -0.1) is 10.2 Å². The molecule has 2 atom stereocenters. The highest BCUT2D eigenvalue weighted by molar-refractivity contribution is 8.00. The van der Waals surface area contributed by atoms with Crippen LogP contribution in [0.5, 0.6) is 0 Å². The van der Waals surface area contributed by atoms with Crippen LogP contribution in [0.2, 0.25) is 0 Å². The van der Waals surface area contributed by atoms with E-state index >= 15 is 0 Å². The summed E-state index contributed by atoms with van der Waals surface area (Å²) in [5.74, 6) is 1.16. The highest BCUT2D eigenvalue weighted by Crippen LogP contribution is 2.29. The maximum Gasteiger partial charge on any atom is 0.235 e. The van der Waals surface area contributed by atoms with Crippen LogP contribution in [-0.2, 0) is 11.3 Å². The van der Waals surface area contributed by atoms with E-state index in [1.165, 1.54) is 17.3 Å². The van der Waals surface area contributed by atoms with E-state index in [9.17, 15) is 4.79 Å². The second kappa shape index (κ2) is 9.56. The molecule has 1 saturated heterocycles. The van der Waals surface area contributed by atoms with E-state index in [1.807, 2.05) is 17.9 Å². The summed E-state index contributed by atoms with van der Waals surface area (Å²) < 4.78 is 2.18. The van der Waals surface area contributed by atoms with Crippen molar-refractivity contribution < 1.29 is 4.79 Å². The predicted octanol–water partition coefficient (Wildman–Crippen LogP) is 3.44. The van der Waals surface area contributed by atoms with Gasteiger partial charge in [0, 0.05) is 13.1 Å². The number of hydrogen-bond donors (Lipinski definition) is 0. The summed E-state index contributed by atoms with van der Waals surface area (Å²) in [5, 5.41) is 9.69. The molecule has 0 aliphatic carbocycles. The Morgan fingerprint density at radius 1 is 1.18 bits per heavy atom. The summed E-state index contributed by atoms with van der Waals surface area (Å²) in [6, 6.07) is 10.6. The van der Waals surface area contributed by atoms with Gasteiger partial charge in [-0.3, -0.25) is 9.69 Å². The molecule has 1 aliphatic rings. The molecule has 0 unspecified atom stereocenters. The number of hydrogen-bond acceptors (Lipinski definition) is 5. The largest absolute Gasteiger partial charge is 0.342 e. The van der Waals surface area contributed by atoms with Crippen LogP contribution in [0.25, 0.3) is 0 Å². The van der Waals surface area contributed by atoms with Crippen molar-refractivity contribution in [1.29, 1.82) is 0 Å². The third-order valence-electron chi connectivity index (χ3n) is 5.28. The van der Waals surface area contributed by atoms with E-state index in [2.05, 4.69) is 64.9 Å². The first-order chi connectivity index (χ1) is 13.5. The van der Waals surface area contributed by atoms with E-state index < -0.39 is 0 Å². The highest BCUT2D eigenvalue weighted by atomic mass is 32.2. The van der Waals surface area contributed by atoms with Crippen molar-refractivity contribution in [1.82, 2.24) is 24.6 Å². The molecule has 28 heavy (non-hydrogen) atoms. The molecule has 0 bridgehead atoms. The van der Waals surface area contributed by atoms with Gasteiger partial charge in [0.05, 0.1) is 17.8 Å². The molecule has 0 saturated carbocycles. The highest BCUT2D eigenvalue weighted by Gasteiger charge is 2.28. The molecule has 7 heteroatoms. The average Bonchev–Trinajstić information content (AvgIpc) is 3.34. The minimum absolute atomic E-state index is 0.163. The molecule has 152 valence electrons. The minimum atomic E-state index is -0.163. The van der Waals surface area contributed by atoms with Gasteiger partial charge >= 0.3 is 0 Å². The van der Waals surface area contributed by atoms with Crippen LogP contribution in [-0.4, -0.2) is 62.9 Å². The molecule has 0 radical (unpaired) electrons. The van der Waals surface area contributed by atoms with Crippen LogP contribution >= 0.6 is 11.8 Å². The Morgan fingerprint density at radius 2 is 1.86 bits per heavy atom. The lowest BCUT2D eigenvalue weighted by molar-refractivity contribution is -0.129. The zero-order valence-electron chi connectivity index (χ0n) is 17.3. The maximum atomic E-state index is 12.8. The van der Waals surface area contributed by atoms with Crippen molar-refractivity contribution in [3.63, 3.8) is 0 Å². The van der Waals surface area contributed by atoms with Gasteiger partial charge in [-0.1, -0.05) is 49.0 Å². The molecular weight excluding hydrogens is 370 g/mol. The Hall–Kier alpha value is -1.86. The summed E-state index contributed by atoms with van der Waals surface area (Å²) >= 11 is 1.52. The SMILES string of the molecule is CC[C@H](c1nnc(S[C@H](C)C(=O)N2CCCC2)n1Cc1ccccc1)N(C)C. The monoisotopic (exact) mass is 401 g/mol. The van der Waals surface area contributed by atoms with E-state index in [-0.39, 0.29) is 17.2 Å². The normalized spacial score (nSPS) is 16.5. The zero-order chi connectivity index (χ0) is 20.1. The van der Waals surface area contributed by atoms with Crippen LogP contribution in [0.3, 0.4) is 0 Å². The van der Waals surface area contributed by atoms with Gasteiger partial charge in [0.2, 0.25) is 5.91 Å². The fourth-order valence-electron chi connectivity index (χ4n) is 3.73. The third-order valence-corrected chi connectivity index (χ3v) is 6.35. The van der Waals surface area contributed by atoms with Crippen LogP contribution in [0.1, 0.15) is 50.5 Å². The number of nitrogens with zero attached hydrogens (tertiary/aromatic N) is 5. The maximum absolute atomic E-state index is 12.8. The Bertz CT molecular complexity index is 770. The number of thioether (sulfide) groups is 1. The number of carbonyl (C=O) groups excluding carboxylic acids is 1. The molecular formula is C21H31N5OS. The quantitative estimate of drug-likeness (QED) is 0.634. The molecule has 0 spiro atoms. The summed E-state index contributed by atoms with van der Waals surface area (Å²) in [5.41, 5.74) is 1.21. The van der Waals surface area contributed by atoms with Crippen molar-refractivity contribution in [2.24, 2.45) is 0 Å². The average molecular weight is 402 g/mol. The molecule has 1 fully saturated rings. The van der Waals surface area contributed by atoms with Crippen molar-refractivity contribution in [3.8, 4) is 0 Å². The summed E-state index contributed by atoms with van der Waals surface area (Å²) in [7, 11) is 4.14.